The third-order valence-corrected chi connectivity index (χ3v) is 4.34. The van der Waals surface area contributed by atoms with E-state index in [2.05, 4.69) is 43.6 Å². The molecule has 20 heavy (non-hydrogen) atoms. The number of hydrogen-bond acceptors (Lipinski definition) is 4. The van der Waals surface area contributed by atoms with E-state index in [-0.39, 0.29) is 6.04 Å². The van der Waals surface area contributed by atoms with Crippen LogP contribution in [-0.4, -0.2) is 18.6 Å². The molecule has 1 N–H and O–H groups in total. The second-order valence-electron chi connectivity index (χ2n) is 4.97. The summed E-state index contributed by atoms with van der Waals surface area (Å²) >= 11 is 1.69. The average Bonchev–Trinajstić information content (AvgIpc) is 2.90. The van der Waals surface area contributed by atoms with Gasteiger partial charge in [0.15, 0.2) is 0 Å². The molecule has 2 aromatic rings. The van der Waals surface area contributed by atoms with Gasteiger partial charge in [0.2, 0.25) is 0 Å². The lowest BCUT2D eigenvalue weighted by molar-refractivity contribution is 0.339. The molecule has 4 heteroatoms. The van der Waals surface area contributed by atoms with Crippen molar-refractivity contribution in [1.82, 2.24) is 10.3 Å². The van der Waals surface area contributed by atoms with E-state index < -0.39 is 0 Å². The van der Waals surface area contributed by atoms with Crippen molar-refractivity contribution in [2.45, 2.75) is 33.7 Å². The topological polar surface area (TPSA) is 34.1 Å². The Bertz CT molecular complexity index is 592. The van der Waals surface area contributed by atoms with Crippen LogP contribution >= 0.6 is 11.3 Å². The zero-order valence-electron chi connectivity index (χ0n) is 12.8. The SMILES string of the molecule is CCOc1c(C)cc(C)cc1-c1csc(C(C)NC)n1. The van der Waals surface area contributed by atoms with Crippen LogP contribution in [0.5, 0.6) is 5.75 Å². The van der Waals surface area contributed by atoms with Gasteiger partial charge in [-0.2, -0.15) is 0 Å². The van der Waals surface area contributed by atoms with Gasteiger partial charge in [0.25, 0.3) is 0 Å². The van der Waals surface area contributed by atoms with Crippen molar-refractivity contribution < 1.29 is 4.74 Å². The van der Waals surface area contributed by atoms with E-state index in [0.29, 0.717) is 6.61 Å². The van der Waals surface area contributed by atoms with E-state index in [1.165, 1.54) is 5.56 Å². The van der Waals surface area contributed by atoms with Gasteiger partial charge in [-0.05, 0) is 51.9 Å². The molecule has 0 radical (unpaired) electrons. The van der Waals surface area contributed by atoms with Gasteiger partial charge in [-0.25, -0.2) is 4.98 Å². The van der Waals surface area contributed by atoms with Gasteiger partial charge in [-0.1, -0.05) is 6.07 Å². The maximum absolute atomic E-state index is 5.82. The predicted octanol–water partition coefficient (Wildman–Crippen LogP) is 4.11. The third kappa shape index (κ3) is 3.02. The number of aromatic nitrogens is 1. The van der Waals surface area contributed by atoms with Crippen molar-refractivity contribution in [3.63, 3.8) is 0 Å². The highest BCUT2D eigenvalue weighted by molar-refractivity contribution is 7.10. The molecule has 108 valence electrons. The molecule has 2 rings (SSSR count). The van der Waals surface area contributed by atoms with Crippen LogP contribution in [0.25, 0.3) is 11.3 Å². The Morgan fingerprint density at radius 2 is 2.10 bits per heavy atom. The highest BCUT2D eigenvalue weighted by Gasteiger charge is 2.15. The van der Waals surface area contributed by atoms with Gasteiger partial charge in [-0.15, -0.1) is 11.3 Å². The van der Waals surface area contributed by atoms with Gasteiger partial charge in [0, 0.05) is 10.9 Å². The van der Waals surface area contributed by atoms with E-state index in [9.17, 15) is 0 Å². The van der Waals surface area contributed by atoms with Gasteiger partial charge in [0.1, 0.15) is 10.8 Å². The highest BCUT2D eigenvalue weighted by Crippen LogP contribution is 2.35. The third-order valence-electron chi connectivity index (χ3n) is 3.31. The molecule has 1 atom stereocenters. The fourth-order valence-corrected chi connectivity index (χ4v) is 3.10. The molecule has 0 aliphatic rings. The molecule has 0 aliphatic heterocycles. The molecule has 0 fully saturated rings. The van der Waals surface area contributed by atoms with E-state index >= 15 is 0 Å². The normalized spacial score (nSPS) is 12.4. The van der Waals surface area contributed by atoms with Crippen LogP contribution in [0.2, 0.25) is 0 Å². The first-order chi connectivity index (χ1) is 9.56. The Labute approximate surface area is 125 Å². The second-order valence-corrected chi connectivity index (χ2v) is 5.86. The quantitative estimate of drug-likeness (QED) is 0.900. The molecule has 0 amide bonds. The molecule has 0 bridgehead atoms. The van der Waals surface area contributed by atoms with Crippen molar-refractivity contribution in [2.75, 3.05) is 13.7 Å². The largest absolute Gasteiger partial charge is 0.493 e. The maximum atomic E-state index is 5.82. The average molecular weight is 290 g/mol. The molecular formula is C16H22N2OS. The Kier molecular flexibility index (Phi) is 4.78. The summed E-state index contributed by atoms with van der Waals surface area (Å²) in [5, 5.41) is 6.44. The van der Waals surface area contributed by atoms with E-state index in [1.54, 1.807) is 11.3 Å². The molecule has 0 aliphatic carbocycles. The number of nitrogens with one attached hydrogen (secondary N) is 1. The van der Waals surface area contributed by atoms with Crippen molar-refractivity contribution in [3.8, 4) is 17.0 Å². The van der Waals surface area contributed by atoms with Crippen LogP contribution in [0.4, 0.5) is 0 Å². The molecule has 0 saturated carbocycles. The first-order valence-electron chi connectivity index (χ1n) is 6.94. The van der Waals surface area contributed by atoms with Gasteiger partial charge < -0.3 is 10.1 Å². The number of benzene rings is 1. The number of nitrogens with zero attached hydrogens (tertiary/aromatic N) is 1. The molecular weight excluding hydrogens is 268 g/mol. The van der Waals surface area contributed by atoms with Gasteiger partial charge in [-0.3, -0.25) is 0 Å². The van der Waals surface area contributed by atoms with Gasteiger partial charge >= 0.3 is 0 Å². The number of ether oxygens (including phenoxy) is 1. The molecule has 0 saturated heterocycles. The minimum Gasteiger partial charge on any atom is -0.493 e. The zero-order chi connectivity index (χ0) is 14.7. The lowest BCUT2D eigenvalue weighted by Gasteiger charge is -2.13. The first-order valence-corrected chi connectivity index (χ1v) is 7.81. The van der Waals surface area contributed by atoms with Crippen LogP contribution in [0, 0.1) is 13.8 Å². The summed E-state index contributed by atoms with van der Waals surface area (Å²) in [6, 6.07) is 4.58. The predicted molar refractivity (Wildman–Crippen MR) is 85.7 cm³/mol. The number of rotatable bonds is 5. The summed E-state index contributed by atoms with van der Waals surface area (Å²) in [6.45, 7) is 8.99. The molecule has 1 aromatic carbocycles. The summed E-state index contributed by atoms with van der Waals surface area (Å²) in [7, 11) is 1.95. The minimum absolute atomic E-state index is 0.273. The zero-order valence-corrected chi connectivity index (χ0v) is 13.6. The number of aryl methyl sites for hydroxylation is 2. The fourth-order valence-electron chi connectivity index (χ4n) is 2.21. The van der Waals surface area contributed by atoms with Crippen LogP contribution in [0.1, 0.15) is 36.0 Å². The van der Waals surface area contributed by atoms with Crippen molar-refractivity contribution >= 4 is 11.3 Å². The monoisotopic (exact) mass is 290 g/mol. The van der Waals surface area contributed by atoms with Crippen molar-refractivity contribution in [2.24, 2.45) is 0 Å². The van der Waals surface area contributed by atoms with E-state index in [4.69, 9.17) is 9.72 Å². The molecule has 3 nitrogen and oxygen atoms in total. The summed E-state index contributed by atoms with van der Waals surface area (Å²) in [5.41, 5.74) is 4.49. The summed E-state index contributed by atoms with van der Waals surface area (Å²) < 4.78 is 5.82. The van der Waals surface area contributed by atoms with Crippen LogP contribution < -0.4 is 10.1 Å². The molecule has 1 aromatic heterocycles. The van der Waals surface area contributed by atoms with Crippen molar-refractivity contribution in [1.29, 1.82) is 0 Å². The standard InChI is InChI=1S/C16H22N2OS/c1-6-19-15-11(3)7-10(2)8-13(15)14-9-20-16(18-14)12(4)17-5/h7-9,12,17H,6H2,1-5H3. The van der Waals surface area contributed by atoms with Crippen molar-refractivity contribution in [3.05, 3.63) is 33.6 Å². The second kappa shape index (κ2) is 6.37. The lowest BCUT2D eigenvalue weighted by Crippen LogP contribution is -2.11. The highest BCUT2D eigenvalue weighted by atomic mass is 32.1. The molecule has 1 unspecified atom stereocenters. The number of thiazole rings is 1. The van der Waals surface area contributed by atoms with Gasteiger partial charge in [0.05, 0.1) is 18.3 Å². The Hall–Kier alpha value is -1.39. The Balaban J connectivity index is 2.48. The molecule has 1 heterocycles. The summed E-state index contributed by atoms with van der Waals surface area (Å²) in [6.07, 6.45) is 0. The van der Waals surface area contributed by atoms with E-state index in [0.717, 1.165) is 27.6 Å². The number of hydrogen-bond donors (Lipinski definition) is 1. The van der Waals surface area contributed by atoms with E-state index in [1.807, 2.05) is 14.0 Å². The summed E-state index contributed by atoms with van der Waals surface area (Å²) in [5.74, 6) is 0.951. The maximum Gasteiger partial charge on any atom is 0.131 e. The fraction of sp³-hybridized carbons (Fsp3) is 0.438. The Morgan fingerprint density at radius 3 is 2.75 bits per heavy atom. The van der Waals surface area contributed by atoms with Crippen LogP contribution in [-0.2, 0) is 0 Å². The van der Waals surface area contributed by atoms with Crippen LogP contribution in [0.15, 0.2) is 17.5 Å². The smallest absolute Gasteiger partial charge is 0.131 e. The minimum atomic E-state index is 0.273. The first kappa shape index (κ1) is 15.0. The molecule has 0 spiro atoms. The summed E-state index contributed by atoms with van der Waals surface area (Å²) in [4.78, 5) is 4.75. The van der Waals surface area contributed by atoms with Crippen LogP contribution in [0.3, 0.4) is 0 Å². The Morgan fingerprint density at radius 1 is 1.35 bits per heavy atom. The lowest BCUT2D eigenvalue weighted by atomic mass is 10.0.